The number of rotatable bonds is 5. The van der Waals surface area contributed by atoms with Crippen LogP contribution in [-0.4, -0.2) is 50.0 Å². The van der Waals surface area contributed by atoms with Gasteiger partial charge >= 0.3 is 0 Å². The Morgan fingerprint density at radius 1 is 1.07 bits per heavy atom. The minimum atomic E-state index is -3.64. The molecule has 1 aliphatic rings. The van der Waals surface area contributed by atoms with E-state index in [0.717, 1.165) is 11.8 Å². The Labute approximate surface area is 162 Å². The first kappa shape index (κ1) is 20.0. The molecule has 7 nitrogen and oxygen atoms in total. The van der Waals surface area contributed by atoms with Gasteiger partial charge in [0.1, 0.15) is 5.82 Å². The Kier molecular flexibility index (Phi) is 6.08. The predicted molar refractivity (Wildman–Crippen MR) is 103 cm³/mol. The van der Waals surface area contributed by atoms with Gasteiger partial charge in [0.15, 0.2) is 0 Å². The third kappa shape index (κ3) is 4.56. The van der Waals surface area contributed by atoms with E-state index in [-0.39, 0.29) is 10.7 Å². The number of halogens is 1. The molecule has 28 heavy (non-hydrogen) atoms. The van der Waals surface area contributed by atoms with Crippen LogP contribution in [0.25, 0.3) is 6.08 Å². The van der Waals surface area contributed by atoms with Crippen LogP contribution in [0.2, 0.25) is 0 Å². The van der Waals surface area contributed by atoms with Crippen molar-refractivity contribution in [1.82, 2.24) is 9.79 Å². The zero-order chi connectivity index (χ0) is 20.1. The number of hydroxylamine groups is 1. The Morgan fingerprint density at radius 3 is 2.36 bits per heavy atom. The van der Waals surface area contributed by atoms with Gasteiger partial charge in [-0.2, -0.15) is 4.31 Å². The lowest BCUT2D eigenvalue weighted by Gasteiger charge is -2.35. The summed E-state index contributed by atoms with van der Waals surface area (Å²) >= 11 is 0. The van der Waals surface area contributed by atoms with Crippen molar-refractivity contribution in [1.29, 1.82) is 0 Å². The third-order valence-electron chi connectivity index (χ3n) is 4.47. The molecule has 0 radical (unpaired) electrons. The topological polar surface area (TPSA) is 90.0 Å². The van der Waals surface area contributed by atoms with Crippen molar-refractivity contribution in [2.24, 2.45) is 0 Å². The second-order valence-corrected chi connectivity index (χ2v) is 8.19. The van der Waals surface area contributed by atoms with Crippen molar-refractivity contribution in [2.75, 3.05) is 31.1 Å². The lowest BCUT2D eigenvalue weighted by atomic mass is 10.2. The lowest BCUT2D eigenvalue weighted by molar-refractivity contribution is -0.124. The van der Waals surface area contributed by atoms with Gasteiger partial charge in [-0.1, -0.05) is 18.2 Å². The molecular weight excluding hydrogens is 385 g/mol. The number of nitrogens with one attached hydrogen (secondary N) is 1. The van der Waals surface area contributed by atoms with E-state index in [9.17, 15) is 17.6 Å². The minimum absolute atomic E-state index is 0.162. The molecule has 0 bridgehead atoms. The molecule has 2 aromatic rings. The molecule has 1 heterocycles. The number of carbonyl (C=O) groups excluding carboxylic acids is 1. The number of carbonyl (C=O) groups is 1. The second-order valence-electron chi connectivity index (χ2n) is 6.25. The van der Waals surface area contributed by atoms with Gasteiger partial charge in [0, 0.05) is 37.9 Å². The first-order valence-corrected chi connectivity index (χ1v) is 10.1. The van der Waals surface area contributed by atoms with Gasteiger partial charge in [-0.3, -0.25) is 10.0 Å². The van der Waals surface area contributed by atoms with Gasteiger partial charge in [-0.05, 0) is 42.0 Å². The number of sulfonamides is 1. The molecule has 2 aromatic carbocycles. The number of hydrogen-bond donors (Lipinski definition) is 2. The second kappa shape index (κ2) is 8.51. The van der Waals surface area contributed by atoms with E-state index >= 15 is 0 Å². The maximum atomic E-state index is 13.4. The lowest BCUT2D eigenvalue weighted by Crippen LogP contribution is -2.48. The van der Waals surface area contributed by atoms with Gasteiger partial charge in [0.25, 0.3) is 5.91 Å². The van der Waals surface area contributed by atoms with Crippen molar-refractivity contribution in [3.05, 3.63) is 66.0 Å². The Balaban J connectivity index is 1.67. The molecule has 1 fully saturated rings. The summed E-state index contributed by atoms with van der Waals surface area (Å²) in [6.45, 7) is 1.55. The van der Waals surface area contributed by atoms with Crippen LogP contribution >= 0.6 is 0 Å². The maximum Gasteiger partial charge on any atom is 0.267 e. The molecule has 0 unspecified atom stereocenters. The van der Waals surface area contributed by atoms with Crippen molar-refractivity contribution >= 4 is 27.7 Å². The van der Waals surface area contributed by atoms with Gasteiger partial charge in [-0.15, -0.1) is 0 Å². The van der Waals surface area contributed by atoms with E-state index in [2.05, 4.69) is 0 Å². The molecular formula is C19H20FN3O4S. The molecule has 1 aliphatic heterocycles. The third-order valence-corrected chi connectivity index (χ3v) is 6.38. The van der Waals surface area contributed by atoms with Crippen LogP contribution in [0.4, 0.5) is 10.1 Å². The molecule has 0 aliphatic carbocycles. The highest BCUT2D eigenvalue weighted by Gasteiger charge is 2.28. The summed E-state index contributed by atoms with van der Waals surface area (Å²) in [5.41, 5.74) is 2.84. The Morgan fingerprint density at radius 2 is 1.75 bits per heavy atom. The summed E-state index contributed by atoms with van der Waals surface area (Å²) in [6.07, 6.45) is 2.59. The number of anilines is 1. The molecule has 1 amide bonds. The highest BCUT2D eigenvalue weighted by molar-refractivity contribution is 7.89. The Hall–Kier alpha value is -2.75. The Bertz CT molecular complexity index is 969. The van der Waals surface area contributed by atoms with Crippen LogP contribution in [0.5, 0.6) is 0 Å². The summed E-state index contributed by atoms with van der Waals surface area (Å²) < 4.78 is 40.5. The van der Waals surface area contributed by atoms with Gasteiger partial charge in [0.05, 0.1) is 4.90 Å². The number of amides is 1. The van der Waals surface area contributed by atoms with Crippen molar-refractivity contribution in [2.45, 2.75) is 4.90 Å². The van der Waals surface area contributed by atoms with Crippen molar-refractivity contribution in [3.63, 3.8) is 0 Å². The molecule has 148 valence electrons. The number of piperazine rings is 1. The average molecular weight is 405 g/mol. The SMILES string of the molecule is O=C(/C=C/c1ccc(S(=O)(=O)N2CCN(c3cccc(F)c3)CC2)cc1)NO. The first-order chi connectivity index (χ1) is 13.4. The number of benzene rings is 2. The van der Waals surface area contributed by atoms with Crippen LogP contribution in [-0.2, 0) is 14.8 Å². The number of nitrogens with zero attached hydrogens (tertiary/aromatic N) is 2. The fraction of sp³-hybridized carbons (Fsp3) is 0.211. The fourth-order valence-electron chi connectivity index (χ4n) is 2.97. The number of hydrogen-bond acceptors (Lipinski definition) is 5. The summed E-state index contributed by atoms with van der Waals surface area (Å²) in [5.74, 6) is -0.994. The van der Waals surface area contributed by atoms with Gasteiger partial charge < -0.3 is 4.90 Å². The molecule has 0 saturated carbocycles. The minimum Gasteiger partial charge on any atom is -0.369 e. The normalized spacial score (nSPS) is 15.7. The zero-order valence-electron chi connectivity index (χ0n) is 15.0. The van der Waals surface area contributed by atoms with Crippen LogP contribution in [0, 0.1) is 5.82 Å². The highest BCUT2D eigenvalue weighted by atomic mass is 32.2. The molecule has 3 rings (SSSR count). The average Bonchev–Trinajstić information content (AvgIpc) is 2.72. The largest absolute Gasteiger partial charge is 0.369 e. The van der Waals surface area contributed by atoms with Crippen LogP contribution < -0.4 is 10.4 Å². The van der Waals surface area contributed by atoms with Crippen molar-refractivity contribution in [3.8, 4) is 0 Å². The summed E-state index contributed by atoms with van der Waals surface area (Å²) in [7, 11) is -3.64. The molecule has 2 N–H and O–H groups in total. The fourth-order valence-corrected chi connectivity index (χ4v) is 4.39. The smallest absolute Gasteiger partial charge is 0.267 e. The summed E-state index contributed by atoms with van der Waals surface area (Å²) in [6, 6.07) is 12.4. The maximum absolute atomic E-state index is 13.4. The van der Waals surface area contributed by atoms with E-state index < -0.39 is 15.9 Å². The standard InChI is InChI=1S/C19H20FN3O4S/c20-16-2-1-3-17(14-16)22-10-12-23(13-11-22)28(26,27)18-7-4-15(5-8-18)6-9-19(24)21-25/h1-9,14,25H,10-13H2,(H,21,24)/b9-6+. The zero-order valence-corrected chi connectivity index (χ0v) is 15.8. The molecule has 0 atom stereocenters. The summed E-state index contributed by atoms with van der Waals surface area (Å²) in [5, 5.41) is 8.46. The van der Waals surface area contributed by atoms with E-state index in [4.69, 9.17) is 5.21 Å². The van der Waals surface area contributed by atoms with E-state index in [1.54, 1.807) is 24.3 Å². The molecule has 1 saturated heterocycles. The van der Waals surface area contributed by atoms with Crippen LogP contribution in [0.15, 0.2) is 59.5 Å². The van der Waals surface area contributed by atoms with Gasteiger partial charge in [-0.25, -0.2) is 18.3 Å². The predicted octanol–water partition coefficient (Wildman–Crippen LogP) is 1.86. The van der Waals surface area contributed by atoms with E-state index in [1.807, 2.05) is 4.90 Å². The monoisotopic (exact) mass is 405 g/mol. The van der Waals surface area contributed by atoms with E-state index in [1.165, 1.54) is 40.1 Å². The quantitative estimate of drug-likeness (QED) is 0.450. The highest BCUT2D eigenvalue weighted by Crippen LogP contribution is 2.22. The van der Waals surface area contributed by atoms with Crippen molar-refractivity contribution < 1.29 is 22.8 Å². The first-order valence-electron chi connectivity index (χ1n) is 8.63. The van der Waals surface area contributed by atoms with Gasteiger partial charge in [0.2, 0.25) is 10.0 Å². The molecule has 9 heteroatoms. The van der Waals surface area contributed by atoms with Crippen LogP contribution in [0.1, 0.15) is 5.56 Å². The van der Waals surface area contributed by atoms with Crippen LogP contribution in [0.3, 0.4) is 0 Å². The van der Waals surface area contributed by atoms with E-state index in [0.29, 0.717) is 31.7 Å². The summed E-state index contributed by atoms with van der Waals surface area (Å²) in [4.78, 5) is 13.1. The molecule has 0 aromatic heterocycles. The molecule has 0 spiro atoms.